The highest BCUT2D eigenvalue weighted by Gasteiger charge is 2.31. The summed E-state index contributed by atoms with van der Waals surface area (Å²) in [6.07, 6.45) is 3.85. The molecule has 0 bridgehead atoms. The average Bonchev–Trinajstić information content (AvgIpc) is 2.73. The molecule has 0 amide bonds. The molecule has 4 nitrogen and oxygen atoms in total. The molecule has 1 unspecified atom stereocenters. The molecule has 0 saturated carbocycles. The number of allylic oxidation sites excluding steroid dienone is 1. The summed E-state index contributed by atoms with van der Waals surface area (Å²) in [6.45, 7) is 3.93. The molecule has 2 aromatic rings. The van der Waals surface area contributed by atoms with Crippen LogP contribution in [0.2, 0.25) is 0 Å². The van der Waals surface area contributed by atoms with Crippen LogP contribution in [0.25, 0.3) is 0 Å². The quantitative estimate of drug-likeness (QED) is 0.408. The van der Waals surface area contributed by atoms with E-state index in [1.54, 1.807) is 50.3 Å². The summed E-state index contributed by atoms with van der Waals surface area (Å²) in [4.78, 5) is 24.3. The highest BCUT2D eigenvalue weighted by molar-refractivity contribution is 5.89. The molecule has 0 aliphatic carbocycles. The average molecular weight is 376 g/mol. The van der Waals surface area contributed by atoms with Gasteiger partial charge in [0.2, 0.25) is 0 Å². The van der Waals surface area contributed by atoms with Crippen LogP contribution in [0.1, 0.15) is 36.2 Å². The minimum Gasteiger partial charge on any atom is -0.465 e. The molecule has 0 aliphatic rings. The first-order valence-electron chi connectivity index (χ1n) is 9.18. The Morgan fingerprint density at radius 1 is 0.964 bits per heavy atom. The fourth-order valence-electron chi connectivity index (χ4n) is 2.38. The van der Waals surface area contributed by atoms with Gasteiger partial charge < -0.3 is 9.47 Å². The van der Waals surface area contributed by atoms with E-state index in [-0.39, 0.29) is 18.5 Å². The summed E-state index contributed by atoms with van der Waals surface area (Å²) >= 11 is 0. The number of hydrogen-bond donors (Lipinski definition) is 0. The lowest BCUT2D eigenvalue weighted by molar-refractivity contribution is -0.150. The monoisotopic (exact) mass is 376 g/mol. The normalized spacial score (nSPS) is 12.5. The van der Waals surface area contributed by atoms with Crippen molar-refractivity contribution >= 4 is 11.9 Å². The summed E-state index contributed by atoms with van der Waals surface area (Å²) in [5.41, 5.74) is 0.353. The number of benzene rings is 2. The van der Waals surface area contributed by atoms with Crippen molar-refractivity contribution in [3.05, 3.63) is 83.9 Å². The van der Waals surface area contributed by atoms with E-state index in [0.29, 0.717) is 18.6 Å². The predicted molar refractivity (Wildman–Crippen MR) is 109 cm³/mol. The van der Waals surface area contributed by atoms with Gasteiger partial charge in [-0.25, -0.2) is 4.79 Å². The number of esters is 2. The lowest BCUT2D eigenvalue weighted by Crippen LogP contribution is -2.28. The molecular formula is C24H24O4. The Morgan fingerprint density at radius 2 is 1.61 bits per heavy atom. The zero-order valence-electron chi connectivity index (χ0n) is 16.2. The molecule has 0 N–H and O–H groups in total. The van der Waals surface area contributed by atoms with Crippen LogP contribution in [0.5, 0.6) is 0 Å². The first-order valence-corrected chi connectivity index (χ1v) is 9.18. The van der Waals surface area contributed by atoms with Gasteiger partial charge in [-0.2, -0.15) is 0 Å². The molecule has 0 aliphatic heterocycles. The van der Waals surface area contributed by atoms with E-state index >= 15 is 0 Å². The zero-order valence-corrected chi connectivity index (χ0v) is 16.2. The minimum absolute atomic E-state index is 0.124. The molecule has 1 atom stereocenters. The maximum atomic E-state index is 12.4. The Kier molecular flexibility index (Phi) is 8.05. The Balaban J connectivity index is 1.98. The van der Waals surface area contributed by atoms with Crippen molar-refractivity contribution < 1.29 is 19.1 Å². The lowest BCUT2D eigenvalue weighted by atomic mass is 9.87. The summed E-state index contributed by atoms with van der Waals surface area (Å²) in [5.74, 6) is 5.32. The molecular weight excluding hydrogens is 352 g/mol. The third-order valence-corrected chi connectivity index (χ3v) is 4.00. The summed E-state index contributed by atoms with van der Waals surface area (Å²) < 4.78 is 10.4. The van der Waals surface area contributed by atoms with Gasteiger partial charge >= 0.3 is 11.9 Å². The van der Waals surface area contributed by atoms with E-state index < -0.39 is 5.41 Å². The van der Waals surface area contributed by atoms with Crippen molar-refractivity contribution in [2.45, 2.75) is 20.3 Å². The summed E-state index contributed by atoms with van der Waals surface area (Å²) in [5, 5.41) is 0. The first kappa shape index (κ1) is 21.0. The molecule has 0 fully saturated rings. The van der Waals surface area contributed by atoms with E-state index in [9.17, 15) is 9.59 Å². The number of hydrogen-bond acceptors (Lipinski definition) is 4. The smallest absolute Gasteiger partial charge is 0.338 e. The van der Waals surface area contributed by atoms with Crippen molar-refractivity contribution in [3.8, 4) is 11.8 Å². The van der Waals surface area contributed by atoms with Crippen LogP contribution in [0, 0.1) is 17.3 Å². The van der Waals surface area contributed by atoms with E-state index in [1.165, 1.54) is 0 Å². The third kappa shape index (κ3) is 6.44. The molecule has 0 aromatic heterocycles. The number of ether oxygens (including phenoxy) is 2. The van der Waals surface area contributed by atoms with Crippen LogP contribution in [0.15, 0.2) is 72.8 Å². The molecule has 144 valence electrons. The molecule has 4 heteroatoms. The van der Waals surface area contributed by atoms with Gasteiger partial charge in [-0.3, -0.25) is 4.79 Å². The minimum atomic E-state index is -0.980. The molecule has 2 rings (SSSR count). The van der Waals surface area contributed by atoms with E-state index in [4.69, 9.17) is 9.47 Å². The zero-order chi connectivity index (χ0) is 20.2. The van der Waals surface area contributed by atoms with Gasteiger partial charge in [0.15, 0.2) is 0 Å². The molecule has 2 aromatic carbocycles. The van der Waals surface area contributed by atoms with Gasteiger partial charge in [-0.05, 0) is 44.5 Å². The van der Waals surface area contributed by atoms with Gasteiger partial charge in [-0.1, -0.05) is 60.4 Å². The SMILES string of the molecule is CCOC(=O)C(C)(C#Cc1ccccc1)C/C=C\COC(=O)c1ccccc1. The first-order chi connectivity index (χ1) is 13.5. The van der Waals surface area contributed by atoms with Crippen LogP contribution in [0.3, 0.4) is 0 Å². The van der Waals surface area contributed by atoms with Gasteiger partial charge in [0, 0.05) is 5.56 Å². The van der Waals surface area contributed by atoms with Gasteiger partial charge in [0.25, 0.3) is 0 Å². The van der Waals surface area contributed by atoms with Gasteiger partial charge in [0.05, 0.1) is 12.2 Å². The second-order valence-electron chi connectivity index (χ2n) is 6.31. The molecule has 28 heavy (non-hydrogen) atoms. The maximum absolute atomic E-state index is 12.4. The molecule has 0 radical (unpaired) electrons. The Hall–Kier alpha value is -3.32. The van der Waals surface area contributed by atoms with Crippen molar-refractivity contribution in [1.29, 1.82) is 0 Å². The molecule has 0 heterocycles. The Morgan fingerprint density at radius 3 is 2.25 bits per heavy atom. The van der Waals surface area contributed by atoms with Crippen molar-refractivity contribution in [1.82, 2.24) is 0 Å². The van der Waals surface area contributed by atoms with Crippen molar-refractivity contribution in [2.75, 3.05) is 13.2 Å². The molecule has 0 spiro atoms. The standard InChI is InChI=1S/C24H24O4/c1-3-27-23(26)24(2,18-16-20-12-6-4-7-13-20)17-10-11-19-28-22(25)21-14-8-5-9-15-21/h4-15H,3,17,19H2,1-2H3/b11-10-. The lowest BCUT2D eigenvalue weighted by Gasteiger charge is -2.19. The maximum Gasteiger partial charge on any atom is 0.338 e. The molecule has 0 saturated heterocycles. The topological polar surface area (TPSA) is 52.6 Å². The second-order valence-corrected chi connectivity index (χ2v) is 6.31. The number of carbonyl (C=O) groups excluding carboxylic acids is 2. The van der Waals surface area contributed by atoms with Gasteiger partial charge in [0.1, 0.15) is 12.0 Å². The highest BCUT2D eigenvalue weighted by Crippen LogP contribution is 2.23. The fourth-order valence-corrected chi connectivity index (χ4v) is 2.38. The number of rotatable bonds is 7. The summed E-state index contributed by atoms with van der Waals surface area (Å²) in [6, 6.07) is 18.3. The van der Waals surface area contributed by atoms with Gasteiger partial charge in [-0.15, -0.1) is 0 Å². The predicted octanol–water partition coefficient (Wildman–Crippen LogP) is 4.41. The van der Waals surface area contributed by atoms with Crippen LogP contribution in [-0.2, 0) is 14.3 Å². The van der Waals surface area contributed by atoms with E-state index in [1.807, 2.05) is 36.4 Å². The summed E-state index contributed by atoms with van der Waals surface area (Å²) in [7, 11) is 0. The highest BCUT2D eigenvalue weighted by atomic mass is 16.5. The van der Waals surface area contributed by atoms with Crippen LogP contribution in [-0.4, -0.2) is 25.2 Å². The Labute approximate surface area is 166 Å². The number of carbonyl (C=O) groups is 2. The third-order valence-electron chi connectivity index (χ3n) is 4.00. The fraction of sp³-hybridized carbons (Fsp3) is 0.250. The largest absolute Gasteiger partial charge is 0.465 e. The Bertz CT molecular complexity index is 860. The van der Waals surface area contributed by atoms with E-state index in [0.717, 1.165) is 5.56 Å². The van der Waals surface area contributed by atoms with Crippen molar-refractivity contribution in [2.24, 2.45) is 5.41 Å². The van der Waals surface area contributed by atoms with Crippen LogP contribution in [0.4, 0.5) is 0 Å². The van der Waals surface area contributed by atoms with E-state index in [2.05, 4.69) is 11.8 Å². The van der Waals surface area contributed by atoms with Crippen molar-refractivity contribution in [3.63, 3.8) is 0 Å². The second kappa shape index (κ2) is 10.7. The van der Waals surface area contributed by atoms with Crippen LogP contribution < -0.4 is 0 Å². The van der Waals surface area contributed by atoms with Crippen LogP contribution >= 0.6 is 0 Å².